The van der Waals surface area contributed by atoms with Crippen LogP contribution in [0.4, 0.5) is 0 Å². The minimum absolute atomic E-state index is 0.0434. The highest BCUT2D eigenvalue weighted by Crippen LogP contribution is 2.08. The predicted octanol–water partition coefficient (Wildman–Crippen LogP) is -3.79. The van der Waals surface area contributed by atoms with E-state index in [2.05, 4.69) is 20.9 Å². The summed E-state index contributed by atoms with van der Waals surface area (Å²) in [7, 11) is 0. The Kier molecular flexibility index (Phi) is 14.6. The lowest BCUT2D eigenvalue weighted by Crippen LogP contribution is -2.57. The van der Waals surface area contributed by atoms with Gasteiger partial charge in [-0.05, 0) is 31.6 Å². The topological polar surface area (TPSA) is 278 Å². The van der Waals surface area contributed by atoms with Crippen molar-refractivity contribution in [2.45, 2.75) is 70.1 Å². The van der Waals surface area contributed by atoms with E-state index in [0.717, 1.165) is 0 Å². The van der Waals surface area contributed by atoms with Crippen molar-refractivity contribution in [3.05, 3.63) is 0 Å². The van der Waals surface area contributed by atoms with Gasteiger partial charge in [0.2, 0.25) is 23.6 Å². The van der Waals surface area contributed by atoms with Gasteiger partial charge in [0.05, 0.1) is 6.61 Å². The van der Waals surface area contributed by atoms with Crippen LogP contribution in [0.15, 0.2) is 4.99 Å². The van der Waals surface area contributed by atoms with Gasteiger partial charge in [-0.3, -0.25) is 24.2 Å². The number of nitrogens with zero attached hydrogens (tertiary/aromatic N) is 1. The number of carboxylic acid groups (broad SMARTS) is 1. The lowest BCUT2D eigenvalue weighted by Gasteiger charge is -2.25. The van der Waals surface area contributed by atoms with E-state index < -0.39 is 60.4 Å². The molecule has 0 aromatic heterocycles. The van der Waals surface area contributed by atoms with E-state index in [4.69, 9.17) is 28.0 Å². The molecular formula is C20H38N8O7. The summed E-state index contributed by atoms with van der Waals surface area (Å²) in [5, 5.41) is 25.6. The van der Waals surface area contributed by atoms with Crippen molar-refractivity contribution in [1.82, 2.24) is 16.0 Å². The van der Waals surface area contributed by atoms with Crippen molar-refractivity contribution in [2.24, 2.45) is 33.8 Å². The average molecular weight is 503 g/mol. The van der Waals surface area contributed by atoms with Gasteiger partial charge < -0.3 is 49.1 Å². The number of nitrogens with two attached hydrogens (primary N) is 4. The summed E-state index contributed by atoms with van der Waals surface area (Å²) in [6.45, 7) is 3.04. The first-order valence-electron chi connectivity index (χ1n) is 11.1. The van der Waals surface area contributed by atoms with Gasteiger partial charge in [0.25, 0.3) is 0 Å². The van der Waals surface area contributed by atoms with Gasteiger partial charge in [-0.25, -0.2) is 4.79 Å². The molecule has 0 aromatic carbocycles. The minimum Gasteiger partial charge on any atom is -0.480 e. The van der Waals surface area contributed by atoms with E-state index in [1.165, 1.54) is 0 Å². The van der Waals surface area contributed by atoms with Crippen LogP contribution in [0.1, 0.15) is 46.0 Å². The number of guanidine groups is 1. The summed E-state index contributed by atoms with van der Waals surface area (Å²) in [6, 6.07) is -5.01. The van der Waals surface area contributed by atoms with E-state index in [9.17, 15) is 29.1 Å². The summed E-state index contributed by atoms with van der Waals surface area (Å²) in [5.41, 5.74) is 21.2. The van der Waals surface area contributed by atoms with Crippen LogP contribution in [0.3, 0.4) is 0 Å². The molecule has 0 saturated heterocycles. The molecule has 0 heterocycles. The molecule has 4 atom stereocenters. The molecule has 0 radical (unpaired) electrons. The molecule has 0 aliphatic rings. The fourth-order valence-corrected chi connectivity index (χ4v) is 2.93. The number of carboxylic acids is 1. The zero-order chi connectivity index (χ0) is 27.1. The number of rotatable bonds is 17. The summed E-state index contributed by atoms with van der Waals surface area (Å²) >= 11 is 0. The predicted molar refractivity (Wildman–Crippen MR) is 126 cm³/mol. The first kappa shape index (κ1) is 31.5. The maximum absolute atomic E-state index is 12.9. The van der Waals surface area contributed by atoms with Gasteiger partial charge >= 0.3 is 5.97 Å². The molecule has 0 bridgehead atoms. The molecule has 4 amide bonds. The average Bonchev–Trinajstić information content (AvgIpc) is 2.76. The van der Waals surface area contributed by atoms with Crippen molar-refractivity contribution >= 4 is 35.6 Å². The Hall–Kier alpha value is -3.46. The van der Waals surface area contributed by atoms with Crippen LogP contribution in [-0.4, -0.2) is 83.1 Å². The Morgan fingerprint density at radius 3 is 1.83 bits per heavy atom. The Morgan fingerprint density at radius 2 is 1.37 bits per heavy atom. The molecule has 200 valence electrons. The van der Waals surface area contributed by atoms with Crippen molar-refractivity contribution in [1.29, 1.82) is 0 Å². The van der Waals surface area contributed by atoms with Crippen LogP contribution in [0, 0.1) is 5.92 Å². The molecule has 0 spiro atoms. The number of aliphatic imine (C=N–C) groups is 1. The van der Waals surface area contributed by atoms with Gasteiger partial charge in [-0.2, -0.15) is 0 Å². The second-order valence-electron chi connectivity index (χ2n) is 8.39. The van der Waals surface area contributed by atoms with Gasteiger partial charge in [-0.1, -0.05) is 13.8 Å². The lowest BCUT2D eigenvalue weighted by atomic mass is 10.0. The molecule has 35 heavy (non-hydrogen) atoms. The quantitative estimate of drug-likeness (QED) is 0.0531. The monoisotopic (exact) mass is 502 g/mol. The van der Waals surface area contributed by atoms with Crippen molar-refractivity contribution in [3.63, 3.8) is 0 Å². The molecule has 15 heteroatoms. The Bertz CT molecular complexity index is 771. The number of primary amides is 1. The largest absolute Gasteiger partial charge is 0.480 e. The number of amides is 4. The molecule has 0 aliphatic carbocycles. The van der Waals surface area contributed by atoms with Crippen LogP contribution in [0.25, 0.3) is 0 Å². The van der Waals surface area contributed by atoms with Crippen molar-refractivity contribution in [3.8, 4) is 0 Å². The third-order valence-corrected chi connectivity index (χ3v) is 4.75. The molecule has 4 unspecified atom stereocenters. The van der Waals surface area contributed by atoms with Crippen molar-refractivity contribution in [2.75, 3.05) is 13.2 Å². The molecule has 0 fully saturated rings. The molecular weight excluding hydrogens is 464 g/mol. The number of carbonyl (C=O) groups is 5. The lowest BCUT2D eigenvalue weighted by molar-refractivity contribution is -0.143. The van der Waals surface area contributed by atoms with Crippen LogP contribution in [-0.2, 0) is 24.0 Å². The van der Waals surface area contributed by atoms with Gasteiger partial charge in [0, 0.05) is 13.0 Å². The van der Waals surface area contributed by atoms with Gasteiger partial charge in [0.1, 0.15) is 24.2 Å². The summed E-state index contributed by atoms with van der Waals surface area (Å²) < 4.78 is 0. The van der Waals surface area contributed by atoms with E-state index in [-0.39, 0.29) is 50.5 Å². The maximum Gasteiger partial charge on any atom is 0.326 e. The zero-order valence-corrected chi connectivity index (χ0v) is 20.0. The Labute approximate surface area is 203 Å². The fourth-order valence-electron chi connectivity index (χ4n) is 2.93. The zero-order valence-electron chi connectivity index (χ0n) is 20.0. The van der Waals surface area contributed by atoms with E-state index >= 15 is 0 Å². The second-order valence-corrected chi connectivity index (χ2v) is 8.39. The molecule has 0 aliphatic heterocycles. The van der Waals surface area contributed by atoms with Gasteiger partial charge in [0.15, 0.2) is 5.96 Å². The molecule has 0 rings (SSSR count). The highest BCUT2D eigenvalue weighted by atomic mass is 16.4. The number of carbonyl (C=O) groups excluding carboxylic acids is 4. The van der Waals surface area contributed by atoms with E-state index in [1.807, 2.05) is 0 Å². The highest BCUT2D eigenvalue weighted by Gasteiger charge is 2.30. The van der Waals surface area contributed by atoms with Crippen LogP contribution >= 0.6 is 0 Å². The number of hydrogen-bond donors (Lipinski definition) is 9. The number of aliphatic hydroxyl groups excluding tert-OH is 1. The number of aliphatic carboxylic acids is 1. The second kappa shape index (κ2) is 16.2. The third kappa shape index (κ3) is 13.7. The third-order valence-electron chi connectivity index (χ3n) is 4.75. The normalized spacial score (nSPS) is 14.2. The molecule has 15 nitrogen and oxygen atoms in total. The van der Waals surface area contributed by atoms with Crippen LogP contribution in [0.5, 0.6) is 0 Å². The molecule has 13 N–H and O–H groups in total. The van der Waals surface area contributed by atoms with Crippen LogP contribution < -0.4 is 38.9 Å². The Morgan fingerprint density at radius 1 is 0.857 bits per heavy atom. The maximum atomic E-state index is 12.9. The van der Waals surface area contributed by atoms with Gasteiger partial charge in [-0.15, -0.1) is 0 Å². The fraction of sp³-hybridized carbons (Fsp3) is 0.700. The van der Waals surface area contributed by atoms with E-state index in [0.29, 0.717) is 0 Å². The number of hydrogen-bond acceptors (Lipinski definition) is 8. The van der Waals surface area contributed by atoms with Crippen LogP contribution in [0.2, 0.25) is 0 Å². The standard InChI is InChI=1S/C20H38N8O7/c1-10(2)8-14(19(34)35)28-18(33)13(5-6-15(22)30)27-17(32)12(4-3-7-25-20(23)24)26-16(31)11(21)9-29/h10-14,29H,3-9,21H2,1-2H3,(H2,22,30)(H,26,31)(H,27,32)(H,28,33)(H,34,35)(H4,23,24,25). The minimum atomic E-state index is -1.31. The number of nitrogens with one attached hydrogen (secondary N) is 3. The van der Waals surface area contributed by atoms with Crippen molar-refractivity contribution < 1.29 is 34.2 Å². The first-order valence-corrected chi connectivity index (χ1v) is 11.1. The smallest absolute Gasteiger partial charge is 0.326 e. The molecule has 0 aromatic rings. The number of aliphatic hydroxyl groups is 1. The summed E-state index contributed by atoms with van der Waals surface area (Å²) in [4.78, 5) is 64.4. The summed E-state index contributed by atoms with van der Waals surface area (Å²) in [6.07, 6.45) is -0.0248. The highest BCUT2D eigenvalue weighted by molar-refractivity contribution is 5.94. The summed E-state index contributed by atoms with van der Waals surface area (Å²) in [5.74, 6) is -4.63. The van der Waals surface area contributed by atoms with E-state index in [1.54, 1.807) is 13.8 Å². The molecule has 0 saturated carbocycles. The SMILES string of the molecule is CC(C)CC(NC(=O)C(CCC(N)=O)NC(=O)C(CCCN=C(N)N)NC(=O)C(N)CO)C(=O)O. The Balaban J connectivity index is 5.61. The first-order chi connectivity index (χ1) is 16.3.